The van der Waals surface area contributed by atoms with Gasteiger partial charge in [0.1, 0.15) is 0 Å². The van der Waals surface area contributed by atoms with Gasteiger partial charge in [0.15, 0.2) is 5.16 Å². The largest absolute Gasteiger partial charge is 0.325 e. The summed E-state index contributed by atoms with van der Waals surface area (Å²) in [5.74, 6) is 0.271. The maximum atomic E-state index is 12.2. The fourth-order valence-corrected chi connectivity index (χ4v) is 4.08. The zero-order valence-corrected chi connectivity index (χ0v) is 17.3. The van der Waals surface area contributed by atoms with E-state index in [0.29, 0.717) is 11.3 Å². The molecular formula is C20H19BrN4OS. The summed E-state index contributed by atoms with van der Waals surface area (Å²) in [4.78, 5) is 17.6. The molecule has 27 heavy (non-hydrogen) atoms. The molecule has 0 saturated heterocycles. The number of aromatic nitrogens is 3. The number of hydrogen-bond acceptors (Lipinski definition) is 4. The van der Waals surface area contributed by atoms with Gasteiger partial charge in [-0.1, -0.05) is 42.0 Å². The van der Waals surface area contributed by atoms with Crippen LogP contribution in [0.5, 0.6) is 0 Å². The Balaban J connectivity index is 1.56. The fourth-order valence-electron chi connectivity index (χ4n) is 2.68. The summed E-state index contributed by atoms with van der Waals surface area (Å²) < 4.78 is 2.43. The minimum Gasteiger partial charge on any atom is -0.325 e. The highest BCUT2D eigenvalue weighted by Gasteiger charge is 2.30. The van der Waals surface area contributed by atoms with Gasteiger partial charge >= 0.3 is 0 Å². The number of halogens is 1. The molecule has 1 aliphatic carbocycles. The lowest BCUT2D eigenvalue weighted by Crippen LogP contribution is -2.13. The minimum absolute atomic E-state index is 0.102. The number of amides is 1. The van der Waals surface area contributed by atoms with Crippen molar-refractivity contribution in [3.8, 4) is 0 Å². The number of benzene rings is 2. The summed E-state index contributed by atoms with van der Waals surface area (Å²) >= 11 is 4.88. The first kappa shape index (κ1) is 18.3. The molecule has 7 heteroatoms. The Morgan fingerprint density at radius 2 is 1.96 bits per heavy atom. The van der Waals surface area contributed by atoms with Gasteiger partial charge in [-0.05, 0) is 65.2 Å². The van der Waals surface area contributed by atoms with E-state index in [0.717, 1.165) is 34.1 Å². The number of carbonyl (C=O) groups is 1. The standard InChI is InChI=1S/C20H19BrN4OS/c1-13-6-8-14(9-7-13)12-25-20(23-19(21)24-25)27-17-5-3-2-4-16(17)22-18(26)15-10-11-15/h2-9,15H,10-12H2,1H3,(H,22,26). The second-order valence-corrected chi connectivity index (χ2v) is 8.39. The van der Waals surface area contributed by atoms with E-state index in [1.165, 1.54) is 17.3 Å². The third-order valence-corrected chi connectivity index (χ3v) is 5.76. The Bertz CT molecular complexity index is 966. The van der Waals surface area contributed by atoms with Crippen molar-refractivity contribution < 1.29 is 4.79 Å². The molecule has 4 rings (SSSR count). The van der Waals surface area contributed by atoms with Crippen molar-refractivity contribution in [3.05, 3.63) is 64.4 Å². The van der Waals surface area contributed by atoms with E-state index in [2.05, 4.69) is 62.5 Å². The Hall–Kier alpha value is -2.12. The van der Waals surface area contributed by atoms with Crippen LogP contribution in [0.2, 0.25) is 0 Å². The van der Waals surface area contributed by atoms with E-state index in [-0.39, 0.29) is 11.8 Å². The summed E-state index contributed by atoms with van der Waals surface area (Å²) in [6.45, 7) is 2.71. The SMILES string of the molecule is Cc1ccc(Cn2nc(Br)nc2Sc2ccccc2NC(=O)C2CC2)cc1. The molecule has 1 amide bonds. The maximum Gasteiger partial charge on any atom is 0.227 e. The lowest BCUT2D eigenvalue weighted by atomic mass is 10.1. The van der Waals surface area contributed by atoms with Crippen molar-refractivity contribution in [3.63, 3.8) is 0 Å². The summed E-state index contributed by atoms with van der Waals surface area (Å²) in [5, 5.41) is 8.29. The first-order chi connectivity index (χ1) is 13.1. The fraction of sp³-hybridized carbons (Fsp3) is 0.250. The molecule has 1 aliphatic rings. The van der Waals surface area contributed by atoms with Crippen LogP contribution >= 0.6 is 27.7 Å². The van der Waals surface area contributed by atoms with Crippen molar-refractivity contribution in [1.29, 1.82) is 0 Å². The van der Waals surface area contributed by atoms with E-state index < -0.39 is 0 Å². The summed E-state index contributed by atoms with van der Waals surface area (Å²) in [5.41, 5.74) is 3.21. The second-order valence-electron chi connectivity index (χ2n) is 6.67. The van der Waals surface area contributed by atoms with Crippen LogP contribution in [0.3, 0.4) is 0 Å². The van der Waals surface area contributed by atoms with Gasteiger partial charge in [-0.3, -0.25) is 4.79 Å². The second kappa shape index (κ2) is 7.86. The molecule has 5 nitrogen and oxygen atoms in total. The van der Waals surface area contributed by atoms with Crippen molar-refractivity contribution in [1.82, 2.24) is 14.8 Å². The number of nitrogens with one attached hydrogen (secondary N) is 1. The molecule has 1 fully saturated rings. The first-order valence-electron chi connectivity index (χ1n) is 8.82. The Morgan fingerprint density at radius 3 is 2.70 bits per heavy atom. The molecule has 0 aliphatic heterocycles. The van der Waals surface area contributed by atoms with Gasteiger partial charge in [0.25, 0.3) is 0 Å². The average Bonchev–Trinajstić information content (AvgIpc) is 3.44. The zero-order chi connectivity index (χ0) is 18.8. The van der Waals surface area contributed by atoms with Gasteiger partial charge in [0, 0.05) is 10.8 Å². The molecule has 138 valence electrons. The van der Waals surface area contributed by atoms with E-state index in [9.17, 15) is 4.79 Å². The van der Waals surface area contributed by atoms with Gasteiger partial charge in [-0.25, -0.2) is 4.68 Å². The molecule has 0 bridgehead atoms. The van der Waals surface area contributed by atoms with Crippen molar-refractivity contribution >= 4 is 39.3 Å². The molecule has 3 aromatic rings. The molecule has 0 atom stereocenters. The Morgan fingerprint density at radius 1 is 1.22 bits per heavy atom. The van der Waals surface area contributed by atoms with Gasteiger partial charge in [-0.15, -0.1) is 5.10 Å². The number of carbonyl (C=O) groups excluding carboxylic acids is 1. The van der Waals surface area contributed by atoms with Crippen molar-refractivity contribution in [2.45, 2.75) is 36.4 Å². The number of aryl methyl sites for hydroxylation is 1. The highest BCUT2D eigenvalue weighted by atomic mass is 79.9. The minimum atomic E-state index is 0.102. The smallest absolute Gasteiger partial charge is 0.227 e. The summed E-state index contributed by atoms with van der Waals surface area (Å²) in [7, 11) is 0. The van der Waals surface area contributed by atoms with Crippen LogP contribution in [0, 0.1) is 12.8 Å². The lowest BCUT2D eigenvalue weighted by Gasteiger charge is -2.11. The Kier molecular flexibility index (Phi) is 5.31. The van der Waals surface area contributed by atoms with Crippen LogP contribution in [0.25, 0.3) is 0 Å². The number of hydrogen-bond donors (Lipinski definition) is 1. The first-order valence-corrected chi connectivity index (χ1v) is 10.4. The number of rotatable bonds is 6. The van der Waals surface area contributed by atoms with Gasteiger partial charge in [0.2, 0.25) is 10.6 Å². The molecule has 0 spiro atoms. The van der Waals surface area contributed by atoms with E-state index in [4.69, 9.17) is 0 Å². The van der Waals surface area contributed by atoms with Gasteiger partial charge in [0.05, 0.1) is 12.2 Å². The average molecular weight is 443 g/mol. The summed E-state index contributed by atoms with van der Waals surface area (Å²) in [6.07, 6.45) is 1.97. The highest BCUT2D eigenvalue weighted by Crippen LogP contribution is 2.35. The van der Waals surface area contributed by atoms with Crippen molar-refractivity contribution in [2.24, 2.45) is 5.92 Å². The predicted octanol–water partition coefficient (Wildman–Crippen LogP) is 4.90. The molecule has 0 unspecified atom stereocenters. The molecule has 1 saturated carbocycles. The molecule has 2 aromatic carbocycles. The van der Waals surface area contributed by atoms with Crippen LogP contribution in [-0.4, -0.2) is 20.7 Å². The van der Waals surface area contributed by atoms with Gasteiger partial charge in [-0.2, -0.15) is 4.98 Å². The van der Waals surface area contributed by atoms with Crippen LogP contribution < -0.4 is 5.32 Å². The van der Waals surface area contributed by atoms with Crippen LogP contribution in [0.1, 0.15) is 24.0 Å². The normalized spacial score (nSPS) is 13.6. The number of para-hydroxylation sites is 1. The molecule has 1 aromatic heterocycles. The van der Waals surface area contributed by atoms with E-state index in [1.807, 2.05) is 28.9 Å². The van der Waals surface area contributed by atoms with Crippen molar-refractivity contribution in [2.75, 3.05) is 5.32 Å². The van der Waals surface area contributed by atoms with E-state index in [1.54, 1.807) is 0 Å². The molecule has 1 N–H and O–H groups in total. The monoisotopic (exact) mass is 442 g/mol. The lowest BCUT2D eigenvalue weighted by molar-refractivity contribution is -0.117. The third kappa shape index (κ3) is 4.59. The van der Waals surface area contributed by atoms with Crippen LogP contribution in [0.15, 0.2) is 63.3 Å². The third-order valence-electron chi connectivity index (χ3n) is 4.36. The Labute approximate surface area is 170 Å². The van der Waals surface area contributed by atoms with Crippen LogP contribution in [0.4, 0.5) is 5.69 Å². The highest BCUT2D eigenvalue weighted by molar-refractivity contribution is 9.10. The zero-order valence-electron chi connectivity index (χ0n) is 14.9. The molecule has 0 radical (unpaired) electrons. The topological polar surface area (TPSA) is 59.8 Å². The van der Waals surface area contributed by atoms with E-state index >= 15 is 0 Å². The van der Waals surface area contributed by atoms with Crippen LogP contribution in [-0.2, 0) is 11.3 Å². The molecule has 1 heterocycles. The number of anilines is 1. The summed E-state index contributed by atoms with van der Waals surface area (Å²) in [6, 6.07) is 16.2. The van der Waals surface area contributed by atoms with Gasteiger partial charge < -0.3 is 5.32 Å². The number of nitrogens with zero attached hydrogens (tertiary/aromatic N) is 3. The predicted molar refractivity (Wildman–Crippen MR) is 110 cm³/mol. The quantitative estimate of drug-likeness (QED) is 0.589. The maximum absolute atomic E-state index is 12.2. The molecular weight excluding hydrogens is 424 g/mol.